The highest BCUT2D eigenvalue weighted by molar-refractivity contribution is 5.26. The zero-order valence-electron chi connectivity index (χ0n) is 11.7. The van der Waals surface area contributed by atoms with Gasteiger partial charge in [0.2, 0.25) is 0 Å². The van der Waals surface area contributed by atoms with Gasteiger partial charge in [-0.3, -0.25) is 0 Å². The normalized spacial score (nSPS) is 12.5. The summed E-state index contributed by atoms with van der Waals surface area (Å²) in [6, 6.07) is 10.7. The molecule has 0 radical (unpaired) electrons. The minimum atomic E-state index is 0.169. The van der Waals surface area contributed by atoms with Gasteiger partial charge in [0, 0.05) is 6.54 Å². The molecule has 4 heteroatoms. The maximum Gasteiger partial charge on any atom is 0.0801 e. The number of hydrogen-bond donors (Lipinski definition) is 1. The highest BCUT2D eigenvalue weighted by Crippen LogP contribution is 2.21. The Hall–Kier alpha value is -1.68. The van der Waals surface area contributed by atoms with E-state index in [0.29, 0.717) is 0 Å². The molecule has 1 unspecified atom stereocenters. The van der Waals surface area contributed by atoms with E-state index >= 15 is 0 Å². The summed E-state index contributed by atoms with van der Waals surface area (Å²) < 4.78 is 2.00. The first-order chi connectivity index (χ1) is 9.36. The molecule has 0 saturated carbocycles. The van der Waals surface area contributed by atoms with Crippen molar-refractivity contribution in [3.8, 4) is 0 Å². The minimum absolute atomic E-state index is 0.169. The summed E-state index contributed by atoms with van der Waals surface area (Å²) in [6.07, 6.45) is 4.04. The lowest BCUT2D eigenvalue weighted by atomic mass is 10.0. The molecule has 1 atom stereocenters. The topological polar surface area (TPSA) is 42.7 Å². The Bertz CT molecular complexity index is 478. The number of rotatable bonds is 7. The van der Waals surface area contributed by atoms with E-state index in [9.17, 15) is 0 Å². The Morgan fingerprint density at radius 2 is 1.95 bits per heavy atom. The third-order valence-electron chi connectivity index (χ3n) is 3.11. The van der Waals surface area contributed by atoms with E-state index in [1.807, 2.05) is 16.9 Å². The number of aryl methyl sites for hydroxylation is 1. The zero-order valence-corrected chi connectivity index (χ0v) is 11.7. The molecule has 19 heavy (non-hydrogen) atoms. The van der Waals surface area contributed by atoms with Crippen molar-refractivity contribution in [3.63, 3.8) is 0 Å². The smallest absolute Gasteiger partial charge is 0.0801 e. The third kappa shape index (κ3) is 3.41. The molecule has 102 valence electrons. The van der Waals surface area contributed by atoms with Gasteiger partial charge in [0.25, 0.3) is 0 Å². The van der Waals surface area contributed by atoms with Gasteiger partial charge in [-0.05, 0) is 24.9 Å². The summed E-state index contributed by atoms with van der Waals surface area (Å²) >= 11 is 0. The second kappa shape index (κ2) is 7.04. The van der Waals surface area contributed by atoms with E-state index in [1.54, 1.807) is 0 Å². The van der Waals surface area contributed by atoms with Gasteiger partial charge < -0.3 is 5.32 Å². The highest BCUT2D eigenvalue weighted by atomic mass is 15.4. The van der Waals surface area contributed by atoms with E-state index in [-0.39, 0.29) is 6.04 Å². The Labute approximate surface area is 114 Å². The van der Waals surface area contributed by atoms with Crippen molar-refractivity contribution < 1.29 is 0 Å². The summed E-state index contributed by atoms with van der Waals surface area (Å²) in [6.45, 7) is 6.22. The summed E-state index contributed by atoms with van der Waals surface area (Å²) in [5, 5.41) is 11.8. The fourth-order valence-corrected chi connectivity index (χ4v) is 2.20. The molecule has 1 N–H and O–H groups in total. The summed E-state index contributed by atoms with van der Waals surface area (Å²) in [5.41, 5.74) is 2.40. The second-order valence-electron chi connectivity index (χ2n) is 4.68. The van der Waals surface area contributed by atoms with Crippen LogP contribution in [0.5, 0.6) is 0 Å². The summed E-state index contributed by atoms with van der Waals surface area (Å²) in [7, 11) is 0. The van der Waals surface area contributed by atoms with Gasteiger partial charge in [-0.25, -0.2) is 4.68 Å². The second-order valence-corrected chi connectivity index (χ2v) is 4.68. The van der Waals surface area contributed by atoms with E-state index in [4.69, 9.17) is 0 Å². The fraction of sp³-hybridized carbons (Fsp3) is 0.467. The van der Waals surface area contributed by atoms with Gasteiger partial charge in [0.1, 0.15) is 0 Å². The predicted octanol–water partition coefficient (Wildman–Crippen LogP) is 2.78. The molecule has 0 amide bonds. The van der Waals surface area contributed by atoms with Crippen molar-refractivity contribution in [2.75, 3.05) is 6.54 Å². The van der Waals surface area contributed by atoms with Crippen LogP contribution in [-0.2, 0) is 6.54 Å². The van der Waals surface area contributed by atoms with Crippen molar-refractivity contribution in [3.05, 3.63) is 47.8 Å². The molecule has 0 fully saturated rings. The molecule has 1 aromatic heterocycles. The number of nitrogens with zero attached hydrogens (tertiary/aromatic N) is 3. The average Bonchev–Trinajstić information content (AvgIpc) is 2.89. The van der Waals surface area contributed by atoms with Crippen LogP contribution in [0.3, 0.4) is 0 Å². The molecule has 2 aromatic rings. The van der Waals surface area contributed by atoms with Crippen LogP contribution in [-0.4, -0.2) is 21.5 Å². The SMILES string of the molecule is CCCNC(c1ccccc1)c1cnnn1CCC. The molecule has 2 rings (SSSR count). The monoisotopic (exact) mass is 258 g/mol. The molecule has 0 saturated heterocycles. The maximum absolute atomic E-state index is 4.19. The largest absolute Gasteiger partial charge is 0.305 e. The Kier molecular flexibility index (Phi) is 5.10. The van der Waals surface area contributed by atoms with Gasteiger partial charge in [0.15, 0.2) is 0 Å². The summed E-state index contributed by atoms with van der Waals surface area (Å²) in [4.78, 5) is 0. The van der Waals surface area contributed by atoms with Gasteiger partial charge >= 0.3 is 0 Å². The van der Waals surface area contributed by atoms with Gasteiger partial charge in [0.05, 0.1) is 17.9 Å². The molecule has 4 nitrogen and oxygen atoms in total. The van der Waals surface area contributed by atoms with Gasteiger partial charge in [-0.15, -0.1) is 5.10 Å². The molecule has 0 aliphatic carbocycles. The molecule has 0 bridgehead atoms. The van der Waals surface area contributed by atoms with Gasteiger partial charge in [-0.1, -0.05) is 49.4 Å². The van der Waals surface area contributed by atoms with Gasteiger partial charge in [-0.2, -0.15) is 0 Å². The van der Waals surface area contributed by atoms with Crippen LogP contribution in [0, 0.1) is 0 Å². The third-order valence-corrected chi connectivity index (χ3v) is 3.11. The number of aromatic nitrogens is 3. The lowest BCUT2D eigenvalue weighted by Crippen LogP contribution is -2.25. The van der Waals surface area contributed by atoms with Crippen LogP contribution >= 0.6 is 0 Å². The molecular weight excluding hydrogens is 236 g/mol. The first kappa shape index (κ1) is 13.7. The van der Waals surface area contributed by atoms with Crippen LogP contribution < -0.4 is 5.32 Å². The first-order valence-electron chi connectivity index (χ1n) is 7.03. The van der Waals surface area contributed by atoms with Crippen molar-refractivity contribution in [1.82, 2.24) is 20.3 Å². The van der Waals surface area contributed by atoms with Crippen molar-refractivity contribution >= 4 is 0 Å². The quantitative estimate of drug-likeness (QED) is 0.830. The maximum atomic E-state index is 4.19. The van der Waals surface area contributed by atoms with Crippen LogP contribution in [0.1, 0.15) is 44.0 Å². The number of hydrogen-bond acceptors (Lipinski definition) is 3. The first-order valence-corrected chi connectivity index (χ1v) is 7.03. The van der Waals surface area contributed by atoms with Crippen molar-refractivity contribution in [2.45, 2.75) is 39.3 Å². The Balaban J connectivity index is 2.29. The Morgan fingerprint density at radius 1 is 1.16 bits per heavy atom. The van der Waals surface area contributed by atoms with Crippen LogP contribution in [0.25, 0.3) is 0 Å². The van der Waals surface area contributed by atoms with Crippen LogP contribution in [0.15, 0.2) is 36.5 Å². The van der Waals surface area contributed by atoms with Crippen molar-refractivity contribution in [2.24, 2.45) is 0 Å². The number of benzene rings is 1. The van der Waals surface area contributed by atoms with E-state index in [1.165, 1.54) is 5.56 Å². The van der Waals surface area contributed by atoms with Crippen molar-refractivity contribution in [1.29, 1.82) is 0 Å². The average molecular weight is 258 g/mol. The van der Waals surface area contributed by atoms with E-state index in [0.717, 1.165) is 31.6 Å². The molecule has 0 spiro atoms. The zero-order chi connectivity index (χ0) is 13.5. The van der Waals surface area contributed by atoms with E-state index in [2.05, 4.69) is 53.7 Å². The Morgan fingerprint density at radius 3 is 2.63 bits per heavy atom. The van der Waals surface area contributed by atoms with Crippen LogP contribution in [0.2, 0.25) is 0 Å². The predicted molar refractivity (Wildman–Crippen MR) is 76.9 cm³/mol. The molecule has 0 aliphatic rings. The number of nitrogens with one attached hydrogen (secondary N) is 1. The molecule has 0 aliphatic heterocycles. The lowest BCUT2D eigenvalue weighted by molar-refractivity contribution is 0.504. The molecular formula is C15H22N4. The van der Waals surface area contributed by atoms with E-state index < -0.39 is 0 Å². The molecule has 1 aromatic carbocycles. The standard InChI is InChI=1S/C15H22N4/c1-3-10-16-15(13-8-6-5-7-9-13)14-12-17-18-19(14)11-4-2/h5-9,12,15-16H,3-4,10-11H2,1-2H3. The minimum Gasteiger partial charge on any atom is -0.305 e. The van der Waals surface area contributed by atoms with Crippen LogP contribution in [0.4, 0.5) is 0 Å². The fourth-order valence-electron chi connectivity index (χ4n) is 2.20. The summed E-state index contributed by atoms with van der Waals surface area (Å²) in [5.74, 6) is 0. The highest BCUT2D eigenvalue weighted by Gasteiger charge is 2.17. The lowest BCUT2D eigenvalue weighted by Gasteiger charge is -2.19. The molecule has 1 heterocycles.